The average Bonchev–Trinajstić information content (AvgIpc) is 2.37. The fraction of sp³-hybridized carbons (Fsp3) is 0.133. The van der Waals surface area contributed by atoms with Gasteiger partial charge in [-0.3, -0.25) is 4.79 Å². The van der Waals surface area contributed by atoms with Crippen LogP contribution < -0.4 is 10.1 Å². The number of carbonyl (C=O) groups excluding carboxylic acids is 1. The third kappa shape index (κ3) is 3.58. The highest BCUT2D eigenvalue weighted by atomic mass is 79.9. The third-order valence-corrected chi connectivity index (χ3v) is 3.09. The van der Waals surface area contributed by atoms with Crippen molar-refractivity contribution in [3.8, 4) is 5.75 Å². The number of amides is 1. The Balaban J connectivity index is 2.20. The fourth-order valence-corrected chi connectivity index (χ4v) is 2.38. The number of rotatable bonds is 3. The maximum absolute atomic E-state index is 12.1. The van der Waals surface area contributed by atoms with Gasteiger partial charge in [0, 0.05) is 15.7 Å². The number of hydrogen-bond donors (Lipinski definition) is 1. The predicted octanol–water partition coefficient (Wildman–Crippen LogP) is 4.02. The van der Waals surface area contributed by atoms with Gasteiger partial charge in [0.1, 0.15) is 5.75 Å². The number of aryl methyl sites for hydroxylation is 1. The number of hydrogen-bond acceptors (Lipinski definition) is 2. The molecule has 0 spiro atoms. The van der Waals surface area contributed by atoms with Crippen LogP contribution in [0.25, 0.3) is 0 Å². The molecule has 0 bridgehead atoms. The molecule has 4 heteroatoms. The summed E-state index contributed by atoms with van der Waals surface area (Å²) in [5.41, 5.74) is 2.41. The smallest absolute Gasteiger partial charge is 0.255 e. The monoisotopic (exact) mass is 319 g/mol. The number of anilines is 1. The van der Waals surface area contributed by atoms with Crippen molar-refractivity contribution in [2.75, 3.05) is 12.4 Å². The standard InChI is InChI=1S/C15H14BrNO2/c1-10-6-12(16)9-13(7-10)17-15(18)11-4-3-5-14(8-11)19-2/h3-9H,1-2H3,(H,17,18). The summed E-state index contributed by atoms with van der Waals surface area (Å²) in [6.07, 6.45) is 0. The summed E-state index contributed by atoms with van der Waals surface area (Å²) >= 11 is 3.41. The van der Waals surface area contributed by atoms with Crippen LogP contribution >= 0.6 is 15.9 Å². The van der Waals surface area contributed by atoms with E-state index in [0.717, 1.165) is 15.7 Å². The number of benzene rings is 2. The minimum Gasteiger partial charge on any atom is -0.497 e. The van der Waals surface area contributed by atoms with Crippen molar-refractivity contribution in [3.63, 3.8) is 0 Å². The van der Waals surface area contributed by atoms with E-state index in [4.69, 9.17) is 4.74 Å². The van der Waals surface area contributed by atoms with Crippen LogP contribution in [0.15, 0.2) is 46.9 Å². The van der Waals surface area contributed by atoms with Crippen molar-refractivity contribution in [1.29, 1.82) is 0 Å². The molecule has 0 aliphatic rings. The van der Waals surface area contributed by atoms with Gasteiger partial charge in [-0.25, -0.2) is 0 Å². The van der Waals surface area contributed by atoms with Crippen molar-refractivity contribution in [3.05, 3.63) is 58.1 Å². The van der Waals surface area contributed by atoms with Crippen LogP contribution in [-0.4, -0.2) is 13.0 Å². The van der Waals surface area contributed by atoms with Gasteiger partial charge in [-0.2, -0.15) is 0 Å². The van der Waals surface area contributed by atoms with E-state index in [0.29, 0.717) is 11.3 Å². The Morgan fingerprint density at radius 3 is 2.68 bits per heavy atom. The van der Waals surface area contributed by atoms with E-state index in [1.54, 1.807) is 31.4 Å². The lowest BCUT2D eigenvalue weighted by atomic mass is 10.2. The van der Waals surface area contributed by atoms with Gasteiger partial charge < -0.3 is 10.1 Å². The van der Waals surface area contributed by atoms with Gasteiger partial charge in [-0.1, -0.05) is 22.0 Å². The molecule has 0 heterocycles. The lowest BCUT2D eigenvalue weighted by Gasteiger charge is -2.08. The van der Waals surface area contributed by atoms with Crippen molar-refractivity contribution >= 4 is 27.5 Å². The zero-order chi connectivity index (χ0) is 13.8. The third-order valence-electron chi connectivity index (χ3n) is 2.63. The molecule has 1 N–H and O–H groups in total. The maximum atomic E-state index is 12.1. The molecular formula is C15H14BrNO2. The molecule has 0 aromatic heterocycles. The first-order chi connectivity index (χ1) is 9.08. The lowest BCUT2D eigenvalue weighted by Crippen LogP contribution is -2.12. The van der Waals surface area contributed by atoms with E-state index in [-0.39, 0.29) is 5.91 Å². The summed E-state index contributed by atoms with van der Waals surface area (Å²) in [6.45, 7) is 1.98. The Morgan fingerprint density at radius 2 is 2.00 bits per heavy atom. The molecule has 0 aliphatic carbocycles. The van der Waals surface area contributed by atoms with Crippen LogP contribution in [0.5, 0.6) is 5.75 Å². The SMILES string of the molecule is COc1cccc(C(=O)Nc2cc(C)cc(Br)c2)c1. The highest BCUT2D eigenvalue weighted by Crippen LogP contribution is 2.20. The van der Waals surface area contributed by atoms with Crippen molar-refractivity contribution in [2.45, 2.75) is 6.92 Å². The number of ether oxygens (including phenoxy) is 1. The summed E-state index contributed by atoms with van der Waals surface area (Å²) < 4.78 is 6.04. The van der Waals surface area contributed by atoms with E-state index in [9.17, 15) is 4.79 Å². The summed E-state index contributed by atoms with van der Waals surface area (Å²) in [4.78, 5) is 12.1. The maximum Gasteiger partial charge on any atom is 0.255 e. The number of halogens is 1. The number of methoxy groups -OCH3 is 1. The molecule has 3 nitrogen and oxygen atoms in total. The van der Waals surface area contributed by atoms with E-state index < -0.39 is 0 Å². The zero-order valence-corrected chi connectivity index (χ0v) is 12.3. The molecule has 0 fully saturated rings. The van der Waals surface area contributed by atoms with Crippen molar-refractivity contribution in [1.82, 2.24) is 0 Å². The second kappa shape index (κ2) is 5.89. The molecule has 2 rings (SSSR count). The molecule has 2 aromatic rings. The van der Waals surface area contributed by atoms with Crippen LogP contribution in [0, 0.1) is 6.92 Å². The first-order valence-electron chi connectivity index (χ1n) is 5.81. The second-order valence-corrected chi connectivity index (χ2v) is 5.12. The molecular weight excluding hydrogens is 306 g/mol. The number of carbonyl (C=O) groups is 1. The van der Waals surface area contributed by atoms with Crippen LogP contribution in [0.2, 0.25) is 0 Å². The van der Waals surface area contributed by atoms with E-state index in [1.807, 2.05) is 25.1 Å². The highest BCUT2D eigenvalue weighted by molar-refractivity contribution is 9.10. The summed E-state index contributed by atoms with van der Waals surface area (Å²) in [5.74, 6) is 0.509. The van der Waals surface area contributed by atoms with Crippen molar-refractivity contribution in [2.24, 2.45) is 0 Å². The Kier molecular flexibility index (Phi) is 4.22. The van der Waals surface area contributed by atoms with E-state index in [2.05, 4.69) is 21.2 Å². The zero-order valence-electron chi connectivity index (χ0n) is 10.7. The Hall–Kier alpha value is -1.81. The van der Waals surface area contributed by atoms with Gasteiger partial charge in [0.25, 0.3) is 5.91 Å². The first-order valence-corrected chi connectivity index (χ1v) is 6.60. The topological polar surface area (TPSA) is 38.3 Å². The Labute approximate surface area is 120 Å². The lowest BCUT2D eigenvalue weighted by molar-refractivity contribution is 0.102. The molecule has 1 amide bonds. The quantitative estimate of drug-likeness (QED) is 0.928. The van der Waals surface area contributed by atoms with Gasteiger partial charge in [0.15, 0.2) is 0 Å². The predicted molar refractivity (Wildman–Crippen MR) is 79.8 cm³/mol. The Morgan fingerprint density at radius 1 is 1.21 bits per heavy atom. The fourth-order valence-electron chi connectivity index (χ4n) is 1.78. The number of nitrogens with one attached hydrogen (secondary N) is 1. The molecule has 0 atom stereocenters. The van der Waals surface area contributed by atoms with Gasteiger partial charge in [0.2, 0.25) is 0 Å². The molecule has 0 saturated heterocycles. The van der Waals surface area contributed by atoms with Gasteiger partial charge in [0.05, 0.1) is 7.11 Å². The van der Waals surface area contributed by atoms with Gasteiger partial charge in [-0.05, 0) is 48.9 Å². The highest BCUT2D eigenvalue weighted by Gasteiger charge is 2.07. The van der Waals surface area contributed by atoms with Gasteiger partial charge >= 0.3 is 0 Å². The van der Waals surface area contributed by atoms with Gasteiger partial charge in [-0.15, -0.1) is 0 Å². The van der Waals surface area contributed by atoms with Crippen LogP contribution in [0.4, 0.5) is 5.69 Å². The van der Waals surface area contributed by atoms with Crippen LogP contribution in [0.1, 0.15) is 15.9 Å². The van der Waals surface area contributed by atoms with Crippen LogP contribution in [-0.2, 0) is 0 Å². The minimum atomic E-state index is -0.156. The molecule has 0 saturated carbocycles. The van der Waals surface area contributed by atoms with E-state index in [1.165, 1.54) is 0 Å². The average molecular weight is 320 g/mol. The second-order valence-electron chi connectivity index (χ2n) is 4.20. The largest absolute Gasteiger partial charge is 0.497 e. The molecule has 0 radical (unpaired) electrons. The Bertz CT molecular complexity index is 591. The molecule has 98 valence electrons. The summed E-state index contributed by atoms with van der Waals surface area (Å²) in [6, 6.07) is 12.8. The summed E-state index contributed by atoms with van der Waals surface area (Å²) in [7, 11) is 1.58. The van der Waals surface area contributed by atoms with Crippen LogP contribution in [0.3, 0.4) is 0 Å². The molecule has 0 unspecified atom stereocenters. The summed E-state index contributed by atoms with van der Waals surface area (Å²) in [5, 5.41) is 2.87. The van der Waals surface area contributed by atoms with E-state index >= 15 is 0 Å². The minimum absolute atomic E-state index is 0.156. The molecule has 2 aromatic carbocycles. The normalized spacial score (nSPS) is 10.1. The van der Waals surface area contributed by atoms with Crippen molar-refractivity contribution < 1.29 is 9.53 Å². The first kappa shape index (κ1) is 13.6. The molecule has 19 heavy (non-hydrogen) atoms. The molecule has 0 aliphatic heterocycles.